The summed E-state index contributed by atoms with van der Waals surface area (Å²) >= 11 is 3.24. The lowest BCUT2D eigenvalue weighted by Gasteiger charge is -2.27. The van der Waals surface area contributed by atoms with Crippen molar-refractivity contribution >= 4 is 65.8 Å². The molecule has 0 radical (unpaired) electrons. The number of carbonyl (C=O) groups is 3. The summed E-state index contributed by atoms with van der Waals surface area (Å²) in [4.78, 5) is 40.0. The molecule has 8 nitrogen and oxygen atoms in total. The first-order valence-electron chi connectivity index (χ1n) is 12.3. The van der Waals surface area contributed by atoms with Crippen LogP contribution in [0.3, 0.4) is 0 Å². The number of carboxylic acids is 1. The van der Waals surface area contributed by atoms with Gasteiger partial charge in [0.25, 0.3) is 0 Å². The van der Waals surface area contributed by atoms with Gasteiger partial charge in [0.2, 0.25) is 5.91 Å². The van der Waals surface area contributed by atoms with Gasteiger partial charge in [-0.2, -0.15) is 0 Å². The molecule has 3 atom stereocenters. The number of thioether (sulfide) groups is 1. The van der Waals surface area contributed by atoms with E-state index in [0.29, 0.717) is 18.7 Å². The van der Waals surface area contributed by atoms with Gasteiger partial charge in [0.1, 0.15) is 12.6 Å². The molecule has 36 heavy (non-hydrogen) atoms. The Balaban J connectivity index is 0.00000324. The van der Waals surface area contributed by atoms with Gasteiger partial charge < -0.3 is 20.1 Å². The number of hydrogen-bond acceptors (Lipinski definition) is 8. The van der Waals surface area contributed by atoms with E-state index in [1.165, 1.54) is 17.7 Å². The monoisotopic (exact) mass is 583 g/mol. The molecule has 0 saturated carbocycles. The van der Waals surface area contributed by atoms with Crippen LogP contribution in [0.4, 0.5) is 0 Å². The van der Waals surface area contributed by atoms with Crippen molar-refractivity contribution in [1.82, 2.24) is 15.5 Å². The molecule has 2 fully saturated rings. The van der Waals surface area contributed by atoms with Crippen molar-refractivity contribution in [2.24, 2.45) is 5.92 Å². The van der Waals surface area contributed by atoms with Crippen LogP contribution in [0.5, 0.6) is 0 Å². The Bertz CT molecular complexity index is 797. The average Bonchev–Trinajstić information content (AvgIpc) is 3.31. The van der Waals surface area contributed by atoms with Gasteiger partial charge in [-0.15, -0.1) is 47.9 Å². The highest BCUT2D eigenvalue weighted by molar-refractivity contribution is 7.99. The van der Waals surface area contributed by atoms with E-state index < -0.39 is 18.1 Å². The third-order valence-corrected chi connectivity index (χ3v) is 8.90. The Morgan fingerprint density at radius 2 is 2.03 bits per heavy atom. The number of ether oxygens (including phenoxy) is 1. The minimum Gasteiger partial charge on any atom is -0.480 e. The van der Waals surface area contributed by atoms with Crippen LogP contribution >= 0.6 is 47.9 Å². The van der Waals surface area contributed by atoms with Crippen molar-refractivity contribution in [1.29, 1.82) is 0 Å². The van der Waals surface area contributed by atoms with Crippen molar-refractivity contribution in [3.05, 3.63) is 22.4 Å². The molecule has 0 bridgehead atoms. The number of aliphatic carboxylic acids is 1. The molecule has 1 aromatic heterocycles. The van der Waals surface area contributed by atoms with Gasteiger partial charge in [-0.3, -0.25) is 19.7 Å². The second-order valence-corrected chi connectivity index (χ2v) is 11.2. The molecule has 3 rings (SSSR count). The summed E-state index contributed by atoms with van der Waals surface area (Å²) in [5.41, 5.74) is 0. The lowest BCUT2D eigenvalue weighted by Crippen LogP contribution is -2.53. The number of rotatable bonds is 12. The lowest BCUT2D eigenvalue weighted by atomic mass is 9.92. The summed E-state index contributed by atoms with van der Waals surface area (Å²) in [5.74, 6) is -0.427. The number of nitrogens with zero attached hydrogens (tertiary/aromatic N) is 1. The van der Waals surface area contributed by atoms with Crippen molar-refractivity contribution in [3.8, 4) is 0 Å². The third-order valence-electron chi connectivity index (χ3n) is 6.43. The fourth-order valence-corrected chi connectivity index (χ4v) is 6.89. The molecule has 2 saturated heterocycles. The molecule has 1 aromatic rings. The van der Waals surface area contributed by atoms with E-state index in [4.69, 9.17) is 4.74 Å². The highest BCUT2D eigenvalue weighted by atomic mass is 35.5. The Kier molecular flexibility index (Phi) is 16.0. The van der Waals surface area contributed by atoms with Crippen molar-refractivity contribution < 1.29 is 24.2 Å². The van der Waals surface area contributed by atoms with Gasteiger partial charge >= 0.3 is 11.9 Å². The molecule has 0 aliphatic carbocycles. The fraction of sp³-hybridized carbons (Fsp3) is 0.708. The van der Waals surface area contributed by atoms with Crippen LogP contribution in [0.1, 0.15) is 55.6 Å². The van der Waals surface area contributed by atoms with E-state index in [2.05, 4.69) is 10.6 Å². The van der Waals surface area contributed by atoms with Crippen molar-refractivity contribution in [2.75, 3.05) is 38.5 Å². The highest BCUT2D eigenvalue weighted by Crippen LogP contribution is 2.35. The van der Waals surface area contributed by atoms with Gasteiger partial charge in [0.05, 0.1) is 17.9 Å². The largest absolute Gasteiger partial charge is 0.480 e. The normalized spacial score (nSPS) is 21.6. The van der Waals surface area contributed by atoms with E-state index in [0.717, 1.165) is 43.1 Å². The topological polar surface area (TPSA) is 108 Å². The number of unbranched alkanes of at least 4 members (excludes halogenated alkanes) is 1. The van der Waals surface area contributed by atoms with Crippen molar-refractivity contribution in [3.63, 3.8) is 0 Å². The van der Waals surface area contributed by atoms with E-state index in [1.54, 1.807) is 30.0 Å². The standard InChI is InChI=1S/C24H37N3O5S2.2ClH/c1-2-32-24(31)18(7-4-3-6-17-9-11-25-12-10-17)26-19-16-34-21(20-8-5-13-33-20)14-27(23(19)30)15-22(28)29;;/h5,8,13,17-19,21,25-26H,2-4,6-7,9-12,14-16H2,1H3,(H,28,29);2*1H/t18-,19-,21-;;/m0../s1. The minimum absolute atomic E-state index is 0. The molecule has 2 aliphatic rings. The second-order valence-electron chi connectivity index (χ2n) is 8.95. The zero-order chi connectivity index (χ0) is 24.3. The fourth-order valence-electron chi connectivity index (χ4n) is 4.63. The third kappa shape index (κ3) is 10.4. The first-order valence-corrected chi connectivity index (χ1v) is 14.2. The van der Waals surface area contributed by atoms with E-state index in [9.17, 15) is 19.5 Å². The van der Waals surface area contributed by atoms with Gasteiger partial charge in [-0.05, 0) is 56.6 Å². The minimum atomic E-state index is -1.04. The van der Waals surface area contributed by atoms with Crippen LogP contribution in [-0.2, 0) is 19.1 Å². The number of halogens is 2. The Labute approximate surface area is 234 Å². The summed E-state index contributed by atoms with van der Waals surface area (Å²) < 4.78 is 5.30. The Hall–Kier alpha value is -1.04. The molecule has 1 amide bonds. The number of esters is 1. The van der Waals surface area contributed by atoms with E-state index in [-0.39, 0.29) is 55.1 Å². The second kappa shape index (κ2) is 17.5. The van der Waals surface area contributed by atoms with Crippen LogP contribution in [-0.4, -0.2) is 78.5 Å². The molecule has 3 N–H and O–H groups in total. The first kappa shape index (κ1) is 33.0. The summed E-state index contributed by atoms with van der Waals surface area (Å²) in [7, 11) is 0. The molecule has 0 unspecified atom stereocenters. The van der Waals surface area contributed by atoms with Crippen LogP contribution in [0.25, 0.3) is 0 Å². The maximum absolute atomic E-state index is 13.3. The van der Waals surface area contributed by atoms with Crippen LogP contribution < -0.4 is 10.6 Å². The zero-order valence-electron chi connectivity index (χ0n) is 20.7. The molecule has 0 aromatic carbocycles. The van der Waals surface area contributed by atoms with Crippen LogP contribution in [0.2, 0.25) is 0 Å². The van der Waals surface area contributed by atoms with Gasteiger partial charge in [0.15, 0.2) is 0 Å². The Morgan fingerprint density at radius 3 is 2.67 bits per heavy atom. The molecule has 3 heterocycles. The molecular formula is C24H39Cl2N3O5S2. The summed E-state index contributed by atoms with van der Waals surface area (Å²) in [5, 5.41) is 18.0. The SMILES string of the molecule is CCOC(=O)[C@H](CCCCC1CCNCC1)N[C@H]1CS[C@H](c2cccs2)CN(CC(=O)O)C1=O.Cl.Cl. The number of nitrogens with one attached hydrogen (secondary N) is 2. The number of carbonyl (C=O) groups excluding carboxylic acids is 2. The van der Waals surface area contributed by atoms with Crippen LogP contribution in [0, 0.1) is 5.92 Å². The first-order chi connectivity index (χ1) is 16.5. The maximum Gasteiger partial charge on any atom is 0.323 e. The molecule has 2 aliphatic heterocycles. The predicted octanol–water partition coefficient (Wildman–Crippen LogP) is 3.74. The number of piperidine rings is 1. The van der Waals surface area contributed by atoms with Crippen LogP contribution in [0.15, 0.2) is 17.5 Å². The molecule has 12 heteroatoms. The Morgan fingerprint density at radius 1 is 1.28 bits per heavy atom. The highest BCUT2D eigenvalue weighted by Gasteiger charge is 2.36. The number of hydrogen-bond donors (Lipinski definition) is 3. The van der Waals surface area contributed by atoms with Gasteiger partial charge in [-0.1, -0.05) is 25.3 Å². The van der Waals surface area contributed by atoms with Gasteiger partial charge in [-0.25, -0.2) is 0 Å². The summed E-state index contributed by atoms with van der Waals surface area (Å²) in [6.45, 7) is 4.22. The average molecular weight is 585 g/mol. The lowest BCUT2D eigenvalue weighted by molar-refractivity contribution is -0.148. The van der Waals surface area contributed by atoms with Crippen molar-refractivity contribution in [2.45, 2.75) is 62.8 Å². The number of carboxylic acid groups (broad SMARTS) is 1. The number of amides is 1. The maximum atomic E-state index is 13.3. The zero-order valence-corrected chi connectivity index (χ0v) is 24.0. The smallest absolute Gasteiger partial charge is 0.323 e. The molecular weight excluding hydrogens is 545 g/mol. The van der Waals surface area contributed by atoms with E-state index in [1.807, 2.05) is 17.5 Å². The molecule has 206 valence electrons. The predicted molar refractivity (Wildman–Crippen MR) is 150 cm³/mol. The number of thiophene rings is 1. The quantitative estimate of drug-likeness (QED) is 0.252. The summed E-state index contributed by atoms with van der Waals surface area (Å²) in [6, 6.07) is 2.77. The van der Waals surface area contributed by atoms with E-state index >= 15 is 0 Å². The van der Waals surface area contributed by atoms with Gasteiger partial charge in [0, 0.05) is 17.2 Å². The summed E-state index contributed by atoms with van der Waals surface area (Å²) in [6.07, 6.45) is 6.10. The molecule has 0 spiro atoms.